The zero-order valence-electron chi connectivity index (χ0n) is 9.28. The first-order chi connectivity index (χ1) is 8.58. The third kappa shape index (κ3) is 2.93. The predicted molar refractivity (Wildman–Crippen MR) is 82.1 cm³/mol. The van der Waals surface area contributed by atoms with Gasteiger partial charge >= 0.3 is 0 Å². The summed E-state index contributed by atoms with van der Waals surface area (Å²) in [6.45, 7) is 0. The van der Waals surface area contributed by atoms with Gasteiger partial charge in [0.2, 0.25) is 0 Å². The number of nitrogens with one attached hydrogen (secondary N) is 1. The molecule has 92 valence electrons. The molecule has 0 amide bonds. The quantitative estimate of drug-likeness (QED) is 0.826. The van der Waals surface area contributed by atoms with Gasteiger partial charge in [-0.1, -0.05) is 47.6 Å². The molecule has 3 N–H and O–H groups in total. The Morgan fingerprint density at radius 3 is 2.44 bits per heavy atom. The Bertz CT molecular complexity index is 599. The van der Waals surface area contributed by atoms with E-state index in [0.717, 1.165) is 16.9 Å². The summed E-state index contributed by atoms with van der Waals surface area (Å²) >= 11 is 16.8. The zero-order valence-corrected chi connectivity index (χ0v) is 11.6. The molecule has 0 aliphatic carbocycles. The van der Waals surface area contributed by atoms with E-state index >= 15 is 0 Å². The maximum atomic E-state index is 5.96. The van der Waals surface area contributed by atoms with Crippen molar-refractivity contribution in [3.63, 3.8) is 0 Å². The average molecular weight is 297 g/mol. The SMILES string of the molecule is NC(=S)c1ccccc1Nc1ccc(Cl)c(Cl)c1. The highest BCUT2D eigenvalue weighted by molar-refractivity contribution is 7.80. The van der Waals surface area contributed by atoms with Crippen LogP contribution in [0.4, 0.5) is 11.4 Å². The standard InChI is InChI=1S/C13H10Cl2N2S/c14-10-6-5-8(7-11(10)15)17-12-4-2-1-3-9(12)13(16)18/h1-7,17H,(H2,16,18). The van der Waals surface area contributed by atoms with Crippen molar-refractivity contribution in [2.24, 2.45) is 5.73 Å². The van der Waals surface area contributed by atoms with E-state index in [1.165, 1.54) is 0 Å². The van der Waals surface area contributed by atoms with Crippen LogP contribution in [-0.4, -0.2) is 4.99 Å². The van der Waals surface area contributed by atoms with Gasteiger partial charge in [0.05, 0.1) is 10.0 Å². The highest BCUT2D eigenvalue weighted by Gasteiger charge is 2.05. The predicted octanol–water partition coefficient (Wildman–Crippen LogP) is 4.37. The Morgan fingerprint density at radius 2 is 1.78 bits per heavy atom. The molecule has 0 bridgehead atoms. The molecule has 0 aromatic heterocycles. The number of rotatable bonds is 3. The number of halogens is 2. The van der Waals surface area contributed by atoms with Gasteiger partial charge in [-0.05, 0) is 30.3 Å². The van der Waals surface area contributed by atoms with E-state index in [2.05, 4.69) is 5.32 Å². The van der Waals surface area contributed by atoms with Gasteiger partial charge in [-0.25, -0.2) is 0 Å². The molecule has 0 saturated heterocycles. The Morgan fingerprint density at radius 1 is 1.06 bits per heavy atom. The van der Waals surface area contributed by atoms with Crippen molar-refractivity contribution < 1.29 is 0 Å². The normalized spacial score (nSPS) is 10.1. The number of hydrogen-bond acceptors (Lipinski definition) is 2. The maximum absolute atomic E-state index is 5.96. The lowest BCUT2D eigenvalue weighted by Crippen LogP contribution is -2.11. The minimum absolute atomic E-state index is 0.346. The summed E-state index contributed by atoms with van der Waals surface area (Å²) in [7, 11) is 0. The smallest absolute Gasteiger partial charge is 0.106 e. The third-order valence-corrected chi connectivity index (χ3v) is 3.35. The molecular weight excluding hydrogens is 287 g/mol. The summed E-state index contributed by atoms with van der Waals surface area (Å²) in [6.07, 6.45) is 0. The van der Waals surface area contributed by atoms with Crippen molar-refractivity contribution in [2.45, 2.75) is 0 Å². The molecule has 0 radical (unpaired) electrons. The lowest BCUT2D eigenvalue weighted by molar-refractivity contribution is 1.52. The fraction of sp³-hybridized carbons (Fsp3) is 0. The summed E-state index contributed by atoms with van der Waals surface area (Å²) in [5.74, 6) is 0. The van der Waals surface area contributed by atoms with Gasteiger partial charge in [0, 0.05) is 16.9 Å². The highest BCUT2D eigenvalue weighted by Crippen LogP contribution is 2.28. The number of anilines is 2. The van der Waals surface area contributed by atoms with Crippen molar-refractivity contribution in [1.29, 1.82) is 0 Å². The topological polar surface area (TPSA) is 38.0 Å². The first kappa shape index (κ1) is 13.1. The van der Waals surface area contributed by atoms with E-state index in [1.807, 2.05) is 30.3 Å². The van der Waals surface area contributed by atoms with Crippen LogP contribution in [0.5, 0.6) is 0 Å². The van der Waals surface area contributed by atoms with Crippen LogP contribution in [0.3, 0.4) is 0 Å². The van der Waals surface area contributed by atoms with Gasteiger partial charge < -0.3 is 11.1 Å². The van der Waals surface area contributed by atoms with E-state index in [0.29, 0.717) is 15.0 Å². The van der Waals surface area contributed by atoms with Crippen LogP contribution in [0, 0.1) is 0 Å². The first-order valence-corrected chi connectivity index (χ1v) is 6.35. The lowest BCUT2D eigenvalue weighted by atomic mass is 10.1. The van der Waals surface area contributed by atoms with Crippen LogP contribution in [0.2, 0.25) is 10.0 Å². The Labute approximate surface area is 121 Å². The van der Waals surface area contributed by atoms with E-state index < -0.39 is 0 Å². The number of nitrogens with two attached hydrogens (primary N) is 1. The van der Waals surface area contributed by atoms with Gasteiger partial charge in [0.15, 0.2) is 0 Å². The Hall–Kier alpha value is -1.29. The van der Waals surface area contributed by atoms with Crippen LogP contribution in [0.25, 0.3) is 0 Å². The number of thiocarbonyl (C=S) groups is 1. The van der Waals surface area contributed by atoms with E-state index in [1.54, 1.807) is 12.1 Å². The van der Waals surface area contributed by atoms with E-state index in [4.69, 9.17) is 41.2 Å². The largest absolute Gasteiger partial charge is 0.389 e. The van der Waals surface area contributed by atoms with Crippen LogP contribution in [0.1, 0.15) is 5.56 Å². The summed E-state index contributed by atoms with van der Waals surface area (Å²) in [4.78, 5) is 0.346. The molecule has 0 heterocycles. The second-order valence-electron chi connectivity index (χ2n) is 3.66. The van der Waals surface area contributed by atoms with E-state index in [9.17, 15) is 0 Å². The van der Waals surface area contributed by atoms with Gasteiger partial charge in [-0.2, -0.15) is 0 Å². The molecule has 2 aromatic rings. The molecule has 2 nitrogen and oxygen atoms in total. The van der Waals surface area contributed by atoms with Gasteiger partial charge in [-0.15, -0.1) is 0 Å². The fourth-order valence-electron chi connectivity index (χ4n) is 1.54. The van der Waals surface area contributed by atoms with Crippen molar-refractivity contribution >= 4 is 51.8 Å². The van der Waals surface area contributed by atoms with Crippen LogP contribution in [-0.2, 0) is 0 Å². The molecule has 0 fully saturated rings. The van der Waals surface area contributed by atoms with Gasteiger partial charge in [0.25, 0.3) is 0 Å². The second kappa shape index (κ2) is 5.57. The number of hydrogen-bond donors (Lipinski definition) is 2. The molecule has 0 aliphatic heterocycles. The molecule has 0 spiro atoms. The molecule has 2 aromatic carbocycles. The Kier molecular flexibility index (Phi) is 4.07. The number of benzene rings is 2. The highest BCUT2D eigenvalue weighted by atomic mass is 35.5. The summed E-state index contributed by atoms with van der Waals surface area (Å²) in [5, 5.41) is 4.22. The minimum Gasteiger partial charge on any atom is -0.389 e. The van der Waals surface area contributed by atoms with Gasteiger partial charge in [-0.3, -0.25) is 0 Å². The van der Waals surface area contributed by atoms with Crippen LogP contribution in [0.15, 0.2) is 42.5 Å². The Balaban J connectivity index is 2.34. The molecule has 0 aliphatic rings. The van der Waals surface area contributed by atoms with Crippen LogP contribution >= 0.6 is 35.4 Å². The third-order valence-electron chi connectivity index (χ3n) is 2.39. The molecular formula is C13H10Cl2N2S. The van der Waals surface area contributed by atoms with Crippen LogP contribution < -0.4 is 11.1 Å². The van der Waals surface area contributed by atoms with Crippen molar-refractivity contribution in [1.82, 2.24) is 0 Å². The number of para-hydroxylation sites is 1. The maximum Gasteiger partial charge on any atom is 0.106 e. The molecule has 2 rings (SSSR count). The first-order valence-electron chi connectivity index (χ1n) is 5.19. The monoisotopic (exact) mass is 296 g/mol. The lowest BCUT2D eigenvalue weighted by Gasteiger charge is -2.11. The van der Waals surface area contributed by atoms with Crippen molar-refractivity contribution in [3.8, 4) is 0 Å². The summed E-state index contributed by atoms with van der Waals surface area (Å²) in [6, 6.07) is 12.9. The summed E-state index contributed by atoms with van der Waals surface area (Å²) < 4.78 is 0. The minimum atomic E-state index is 0.346. The molecule has 0 saturated carbocycles. The molecule has 0 unspecified atom stereocenters. The van der Waals surface area contributed by atoms with Crippen molar-refractivity contribution in [3.05, 3.63) is 58.1 Å². The fourth-order valence-corrected chi connectivity index (χ4v) is 2.01. The molecule has 18 heavy (non-hydrogen) atoms. The van der Waals surface area contributed by atoms with E-state index in [-0.39, 0.29) is 0 Å². The zero-order chi connectivity index (χ0) is 13.1. The molecule has 0 atom stereocenters. The van der Waals surface area contributed by atoms with Gasteiger partial charge in [0.1, 0.15) is 4.99 Å². The summed E-state index contributed by atoms with van der Waals surface area (Å²) in [5.41, 5.74) is 8.12. The molecule has 5 heteroatoms. The second-order valence-corrected chi connectivity index (χ2v) is 4.92. The average Bonchev–Trinajstić information content (AvgIpc) is 2.34. The van der Waals surface area contributed by atoms with Crippen molar-refractivity contribution in [2.75, 3.05) is 5.32 Å².